The summed E-state index contributed by atoms with van der Waals surface area (Å²) in [6, 6.07) is 17.6. The summed E-state index contributed by atoms with van der Waals surface area (Å²) in [5.41, 5.74) is 1.99. The number of carbonyl (C=O) groups is 1. The molecule has 21 heavy (non-hydrogen) atoms. The van der Waals surface area contributed by atoms with E-state index in [1.54, 1.807) is 18.9 Å². The highest BCUT2D eigenvalue weighted by Crippen LogP contribution is 2.27. The number of hydrogen-bond donors (Lipinski definition) is 1. The summed E-state index contributed by atoms with van der Waals surface area (Å²) in [6.07, 6.45) is 0. The van der Waals surface area contributed by atoms with E-state index in [0.717, 1.165) is 11.4 Å². The van der Waals surface area contributed by atoms with Crippen LogP contribution in [0, 0.1) is 0 Å². The fourth-order valence-electron chi connectivity index (χ4n) is 1.92. The first kappa shape index (κ1) is 15.4. The van der Waals surface area contributed by atoms with Gasteiger partial charge in [0.15, 0.2) is 0 Å². The lowest BCUT2D eigenvalue weighted by Crippen LogP contribution is -2.14. The second-order valence-electron chi connectivity index (χ2n) is 4.64. The first-order valence-corrected chi connectivity index (χ1v) is 7.84. The van der Waals surface area contributed by atoms with Crippen molar-refractivity contribution >= 4 is 23.4 Å². The van der Waals surface area contributed by atoms with Crippen molar-refractivity contribution in [2.24, 2.45) is 0 Å². The molecule has 0 aliphatic rings. The zero-order valence-electron chi connectivity index (χ0n) is 12.2. The summed E-state index contributed by atoms with van der Waals surface area (Å²) in [6.45, 7) is 2.11. The normalized spacial score (nSPS) is 11.7. The molecule has 2 aromatic carbocycles. The van der Waals surface area contributed by atoms with Gasteiger partial charge in [-0.25, -0.2) is 0 Å². The number of rotatable bonds is 6. The van der Waals surface area contributed by atoms with Crippen molar-refractivity contribution < 1.29 is 9.53 Å². The Morgan fingerprint density at radius 3 is 2.67 bits per heavy atom. The minimum Gasteiger partial charge on any atom is -0.497 e. The van der Waals surface area contributed by atoms with Crippen molar-refractivity contribution in [1.29, 1.82) is 0 Å². The average Bonchev–Trinajstić information content (AvgIpc) is 2.53. The molecule has 0 saturated carbocycles. The lowest BCUT2D eigenvalue weighted by atomic mass is 10.2. The van der Waals surface area contributed by atoms with Gasteiger partial charge >= 0.3 is 0 Å². The molecule has 0 spiro atoms. The predicted molar refractivity (Wildman–Crippen MR) is 88.9 cm³/mol. The number of methoxy groups -OCH3 is 1. The Bertz CT molecular complexity index is 586. The van der Waals surface area contributed by atoms with E-state index in [2.05, 4.69) is 24.4 Å². The highest BCUT2D eigenvalue weighted by molar-refractivity contribution is 8.00. The van der Waals surface area contributed by atoms with E-state index < -0.39 is 0 Å². The van der Waals surface area contributed by atoms with Gasteiger partial charge in [0.25, 0.3) is 0 Å². The summed E-state index contributed by atoms with van der Waals surface area (Å²) in [7, 11) is 1.61. The summed E-state index contributed by atoms with van der Waals surface area (Å²) >= 11 is 1.62. The number of amides is 1. The van der Waals surface area contributed by atoms with Crippen LogP contribution < -0.4 is 10.1 Å². The van der Waals surface area contributed by atoms with Gasteiger partial charge in [0.1, 0.15) is 5.75 Å². The predicted octanol–water partition coefficient (Wildman–Crippen LogP) is 4.13. The molecule has 0 saturated heterocycles. The molecule has 0 unspecified atom stereocenters. The third kappa shape index (κ3) is 4.83. The summed E-state index contributed by atoms with van der Waals surface area (Å²) in [4.78, 5) is 12.0. The van der Waals surface area contributed by atoms with Gasteiger partial charge in [-0.3, -0.25) is 4.79 Å². The van der Waals surface area contributed by atoms with Crippen LogP contribution in [0.2, 0.25) is 0 Å². The molecule has 0 fully saturated rings. The number of ether oxygens (including phenoxy) is 1. The zero-order valence-corrected chi connectivity index (χ0v) is 13.0. The third-order valence-corrected chi connectivity index (χ3v) is 4.29. The molecule has 3 nitrogen and oxygen atoms in total. The molecule has 4 heteroatoms. The first-order valence-electron chi connectivity index (χ1n) is 6.79. The van der Waals surface area contributed by atoms with Crippen molar-refractivity contribution in [2.75, 3.05) is 18.2 Å². The summed E-state index contributed by atoms with van der Waals surface area (Å²) in [5, 5.41) is 3.18. The second kappa shape index (κ2) is 7.74. The van der Waals surface area contributed by atoms with Crippen molar-refractivity contribution in [3.63, 3.8) is 0 Å². The molecule has 0 aliphatic heterocycles. The van der Waals surface area contributed by atoms with Gasteiger partial charge in [-0.1, -0.05) is 36.4 Å². The monoisotopic (exact) mass is 301 g/mol. The fourth-order valence-corrected chi connectivity index (χ4v) is 2.74. The van der Waals surface area contributed by atoms with Crippen molar-refractivity contribution in [2.45, 2.75) is 12.2 Å². The van der Waals surface area contributed by atoms with Crippen molar-refractivity contribution in [1.82, 2.24) is 0 Å². The quantitative estimate of drug-likeness (QED) is 0.872. The van der Waals surface area contributed by atoms with E-state index in [1.165, 1.54) is 5.56 Å². The SMILES string of the molecule is COc1cccc(NC(=O)CS[C@H](C)c2ccccc2)c1. The molecule has 0 aromatic heterocycles. The maximum atomic E-state index is 12.0. The van der Waals surface area contributed by atoms with Crippen LogP contribution in [0.15, 0.2) is 54.6 Å². The first-order chi connectivity index (χ1) is 10.2. The van der Waals surface area contributed by atoms with E-state index in [0.29, 0.717) is 11.0 Å². The fraction of sp³-hybridized carbons (Fsp3) is 0.235. The highest BCUT2D eigenvalue weighted by Gasteiger charge is 2.09. The summed E-state index contributed by atoms with van der Waals surface area (Å²) in [5.74, 6) is 1.15. The molecule has 110 valence electrons. The van der Waals surface area contributed by atoms with Gasteiger partial charge < -0.3 is 10.1 Å². The molecule has 1 atom stereocenters. The van der Waals surface area contributed by atoms with E-state index in [1.807, 2.05) is 42.5 Å². The number of thioether (sulfide) groups is 1. The van der Waals surface area contributed by atoms with Crippen LogP contribution >= 0.6 is 11.8 Å². The Morgan fingerprint density at radius 2 is 1.95 bits per heavy atom. The lowest BCUT2D eigenvalue weighted by Gasteiger charge is -2.12. The Labute approximate surface area is 129 Å². The number of anilines is 1. The van der Waals surface area contributed by atoms with Gasteiger partial charge in [-0.15, -0.1) is 11.8 Å². The third-order valence-electron chi connectivity index (χ3n) is 3.09. The van der Waals surface area contributed by atoms with Gasteiger partial charge in [0.2, 0.25) is 5.91 Å². The van der Waals surface area contributed by atoms with Crippen LogP contribution in [0.25, 0.3) is 0 Å². The maximum absolute atomic E-state index is 12.0. The van der Waals surface area contributed by atoms with Crippen LogP contribution in [0.3, 0.4) is 0 Å². The highest BCUT2D eigenvalue weighted by atomic mass is 32.2. The molecular formula is C17H19NO2S. The molecule has 0 aliphatic carbocycles. The molecule has 0 heterocycles. The average molecular weight is 301 g/mol. The van der Waals surface area contributed by atoms with Gasteiger partial charge in [-0.05, 0) is 24.6 Å². The van der Waals surface area contributed by atoms with Crippen molar-refractivity contribution in [3.05, 3.63) is 60.2 Å². The number of nitrogens with one attached hydrogen (secondary N) is 1. The minimum absolute atomic E-state index is 0.00367. The van der Waals surface area contributed by atoms with Crippen LogP contribution in [-0.2, 0) is 4.79 Å². The summed E-state index contributed by atoms with van der Waals surface area (Å²) < 4.78 is 5.14. The topological polar surface area (TPSA) is 38.3 Å². The zero-order chi connectivity index (χ0) is 15.1. The Morgan fingerprint density at radius 1 is 1.19 bits per heavy atom. The van der Waals surface area contributed by atoms with E-state index in [-0.39, 0.29) is 5.91 Å². The molecule has 0 bridgehead atoms. The van der Waals surface area contributed by atoms with Crippen LogP contribution in [0.4, 0.5) is 5.69 Å². The maximum Gasteiger partial charge on any atom is 0.234 e. The second-order valence-corrected chi connectivity index (χ2v) is 5.97. The molecule has 2 aromatic rings. The van der Waals surface area contributed by atoms with E-state index >= 15 is 0 Å². The Balaban J connectivity index is 1.84. The molecular weight excluding hydrogens is 282 g/mol. The molecule has 0 radical (unpaired) electrons. The van der Waals surface area contributed by atoms with Gasteiger partial charge in [-0.2, -0.15) is 0 Å². The van der Waals surface area contributed by atoms with Crippen LogP contribution in [-0.4, -0.2) is 18.8 Å². The van der Waals surface area contributed by atoms with Crippen molar-refractivity contribution in [3.8, 4) is 5.75 Å². The number of benzene rings is 2. The molecule has 2 rings (SSSR count). The van der Waals surface area contributed by atoms with Gasteiger partial charge in [0.05, 0.1) is 12.9 Å². The number of hydrogen-bond acceptors (Lipinski definition) is 3. The van der Waals surface area contributed by atoms with Crippen LogP contribution in [0.1, 0.15) is 17.7 Å². The minimum atomic E-state index is -0.00367. The standard InChI is InChI=1S/C17H19NO2S/c1-13(14-7-4-3-5-8-14)21-12-17(19)18-15-9-6-10-16(11-15)20-2/h3-11,13H,12H2,1-2H3,(H,18,19)/t13-/m1/s1. The lowest BCUT2D eigenvalue weighted by molar-refractivity contribution is -0.113. The molecule has 1 amide bonds. The van der Waals surface area contributed by atoms with E-state index in [9.17, 15) is 4.79 Å². The largest absolute Gasteiger partial charge is 0.497 e. The van der Waals surface area contributed by atoms with Gasteiger partial charge in [0, 0.05) is 17.0 Å². The Kier molecular flexibility index (Phi) is 5.69. The smallest absolute Gasteiger partial charge is 0.234 e. The Hall–Kier alpha value is -1.94. The van der Waals surface area contributed by atoms with E-state index in [4.69, 9.17) is 4.74 Å². The number of carbonyl (C=O) groups excluding carboxylic acids is 1. The molecule has 1 N–H and O–H groups in total. The van der Waals surface area contributed by atoms with Crippen LogP contribution in [0.5, 0.6) is 5.75 Å².